The van der Waals surface area contributed by atoms with Crippen LogP contribution in [0.4, 0.5) is 0 Å². The highest BCUT2D eigenvalue weighted by Gasteiger charge is 2.58. The van der Waals surface area contributed by atoms with Crippen molar-refractivity contribution in [2.24, 2.45) is 35.5 Å². The van der Waals surface area contributed by atoms with Crippen molar-refractivity contribution in [2.75, 3.05) is 26.3 Å². The van der Waals surface area contributed by atoms with Gasteiger partial charge in [0.1, 0.15) is 12.1 Å². The predicted octanol–water partition coefficient (Wildman–Crippen LogP) is 1.84. The summed E-state index contributed by atoms with van der Waals surface area (Å²) >= 11 is 0. The molecule has 0 radical (unpaired) electrons. The van der Waals surface area contributed by atoms with Gasteiger partial charge in [0.05, 0.1) is 12.1 Å². The van der Waals surface area contributed by atoms with E-state index in [1.165, 1.54) is 13.8 Å². The van der Waals surface area contributed by atoms with Gasteiger partial charge in [0, 0.05) is 99.4 Å². The van der Waals surface area contributed by atoms with Crippen LogP contribution in [-0.2, 0) is 32.3 Å². The molecule has 300 valence electrons. The molecule has 4 amide bonds. The molecule has 2 saturated heterocycles. The second-order valence-electron chi connectivity index (χ2n) is 16.3. The normalized spacial score (nSPS) is 28.5. The Bertz CT molecular complexity index is 1920. The molecule has 2 saturated carbocycles. The maximum atomic E-state index is 12.9. The van der Waals surface area contributed by atoms with Gasteiger partial charge in [-0.05, 0) is 75.6 Å². The van der Waals surface area contributed by atoms with Crippen LogP contribution in [0.15, 0.2) is 46.0 Å². The number of amides is 4. The smallest absolute Gasteiger partial charge is 0.258 e. The average molecular weight is 771 g/mol. The van der Waals surface area contributed by atoms with Crippen molar-refractivity contribution < 1.29 is 29.4 Å². The second kappa shape index (κ2) is 16.0. The summed E-state index contributed by atoms with van der Waals surface area (Å²) in [4.78, 5) is 79.7. The molecule has 8 atom stereocenters. The molecule has 14 nitrogen and oxygen atoms in total. The van der Waals surface area contributed by atoms with Crippen LogP contribution >= 0.6 is 0 Å². The number of pyridine rings is 2. The lowest BCUT2D eigenvalue weighted by atomic mass is 9.88. The molecule has 6 aliphatic rings. The summed E-state index contributed by atoms with van der Waals surface area (Å²) in [5.41, 5.74) is 2.49. The Kier molecular flexibility index (Phi) is 11.2. The number of carbonyl (C=O) groups is 4. The number of aliphatic hydroxyl groups is 2. The molecule has 2 aliphatic carbocycles. The zero-order valence-corrected chi connectivity index (χ0v) is 32.6. The van der Waals surface area contributed by atoms with Gasteiger partial charge in [0.15, 0.2) is 0 Å². The molecule has 56 heavy (non-hydrogen) atoms. The van der Waals surface area contributed by atoms with Crippen LogP contribution in [0.5, 0.6) is 0 Å². The van der Waals surface area contributed by atoms with Gasteiger partial charge in [-0.1, -0.05) is 24.3 Å². The van der Waals surface area contributed by atoms with E-state index < -0.39 is 23.9 Å². The molecule has 6 heterocycles. The first kappa shape index (κ1) is 39.4. The van der Waals surface area contributed by atoms with Crippen LogP contribution < -0.4 is 21.8 Å². The van der Waals surface area contributed by atoms with E-state index in [-0.39, 0.29) is 71.9 Å². The van der Waals surface area contributed by atoms with E-state index in [9.17, 15) is 39.0 Å². The van der Waals surface area contributed by atoms with Crippen LogP contribution in [0.1, 0.15) is 88.0 Å². The van der Waals surface area contributed by atoms with Crippen LogP contribution in [0.25, 0.3) is 12.2 Å². The maximum Gasteiger partial charge on any atom is 0.258 e. The first-order valence-electron chi connectivity index (χ1n) is 20.0. The van der Waals surface area contributed by atoms with E-state index in [4.69, 9.17) is 0 Å². The number of aromatic nitrogens is 2. The van der Waals surface area contributed by atoms with Crippen molar-refractivity contribution in [2.45, 2.75) is 90.6 Å². The SMILES string of the molecule is C/C=C/c1ccc2n(c1=O)C[C@H]1[C@H](CO)[C@@H](C(=O)NCC3CC3)N(C(C)=O)[C@@H]21.C/C=C\c1ccc2n(c1=O)C[C@H]1[C@H](CO)[C@@H](C(=O)NCC3CC3)N(C(C)=O)[C@@H]21. The largest absolute Gasteiger partial charge is 0.396 e. The zero-order valence-electron chi connectivity index (χ0n) is 32.6. The number of rotatable bonds is 10. The highest BCUT2D eigenvalue weighted by molar-refractivity contribution is 5.89. The van der Waals surface area contributed by atoms with E-state index >= 15 is 0 Å². The summed E-state index contributed by atoms with van der Waals surface area (Å²) in [7, 11) is 0. The Morgan fingerprint density at radius 1 is 0.661 bits per heavy atom. The topological polar surface area (TPSA) is 183 Å². The highest BCUT2D eigenvalue weighted by Crippen LogP contribution is 2.50. The minimum Gasteiger partial charge on any atom is -0.396 e. The number of hydrogen-bond acceptors (Lipinski definition) is 8. The number of hydrogen-bond donors (Lipinski definition) is 4. The fourth-order valence-corrected chi connectivity index (χ4v) is 9.69. The molecule has 0 aromatic carbocycles. The number of allylic oxidation sites excluding steroid dienone is 2. The second-order valence-corrected chi connectivity index (χ2v) is 16.3. The van der Waals surface area contributed by atoms with E-state index in [0.717, 1.165) is 37.1 Å². The molecular weight excluding hydrogens is 716 g/mol. The number of likely N-dealkylation sites (tertiary alicyclic amines) is 2. The van der Waals surface area contributed by atoms with Gasteiger partial charge < -0.3 is 39.8 Å². The number of carbonyl (C=O) groups excluding carboxylic acids is 4. The number of fused-ring (bicyclic) bond motifs is 6. The first-order valence-corrected chi connectivity index (χ1v) is 20.0. The third-order valence-corrected chi connectivity index (χ3v) is 12.7. The highest BCUT2D eigenvalue weighted by atomic mass is 16.3. The van der Waals surface area contributed by atoms with Crippen molar-refractivity contribution in [3.05, 3.63) is 79.6 Å². The lowest BCUT2D eigenvalue weighted by Crippen LogP contribution is -2.50. The van der Waals surface area contributed by atoms with E-state index in [2.05, 4.69) is 10.6 Å². The van der Waals surface area contributed by atoms with Gasteiger partial charge in [-0.2, -0.15) is 0 Å². The number of aliphatic hydroxyl groups excluding tert-OH is 2. The minimum atomic E-state index is -0.699. The summed E-state index contributed by atoms with van der Waals surface area (Å²) in [5.74, 6) is -0.842. The molecule has 4 N–H and O–H groups in total. The summed E-state index contributed by atoms with van der Waals surface area (Å²) in [6, 6.07) is 5.15. The minimum absolute atomic E-state index is 0.0973. The monoisotopic (exact) mass is 770 g/mol. The van der Waals surface area contributed by atoms with E-state index in [1.807, 2.05) is 38.1 Å². The summed E-state index contributed by atoms with van der Waals surface area (Å²) in [5, 5.41) is 26.1. The molecule has 14 heteroatoms. The number of nitrogens with one attached hydrogen (secondary N) is 2. The number of nitrogens with zero attached hydrogens (tertiary/aromatic N) is 4. The van der Waals surface area contributed by atoms with Crippen molar-refractivity contribution in [1.82, 2.24) is 29.6 Å². The van der Waals surface area contributed by atoms with Gasteiger partial charge in [0.2, 0.25) is 23.6 Å². The molecule has 2 aromatic rings. The standard InChI is InChI=1S/2C21H27N3O4/c2*1-3-4-14-7-8-17-18-15(10-23(17)21(14)28)16(11-25)19(24(18)12(2)26)20(27)22-9-13-5-6-13/h2*3-4,7-8,13,15-16,18-19,25H,5-6,9-11H2,1-2H3,(H,22,27)/b4-3+;4-3-/t2*15-,16-,18+,19-/m00/s1. The molecule has 0 spiro atoms. The third-order valence-electron chi connectivity index (χ3n) is 12.7. The molecule has 2 aromatic heterocycles. The average Bonchev–Trinajstić information content (AvgIpc) is 4.05. The predicted molar refractivity (Wildman–Crippen MR) is 209 cm³/mol. The van der Waals surface area contributed by atoms with E-state index in [1.54, 1.807) is 43.2 Å². The van der Waals surface area contributed by atoms with Gasteiger partial charge >= 0.3 is 0 Å². The van der Waals surface area contributed by atoms with Crippen molar-refractivity contribution in [1.29, 1.82) is 0 Å². The molecule has 8 rings (SSSR count). The van der Waals surface area contributed by atoms with Gasteiger partial charge in [-0.25, -0.2) is 0 Å². The Morgan fingerprint density at radius 2 is 1.04 bits per heavy atom. The van der Waals surface area contributed by atoms with Crippen LogP contribution in [-0.4, -0.2) is 91.2 Å². The van der Waals surface area contributed by atoms with Gasteiger partial charge in [0.25, 0.3) is 11.1 Å². The van der Waals surface area contributed by atoms with Crippen molar-refractivity contribution in [3.8, 4) is 0 Å². The lowest BCUT2D eigenvalue weighted by molar-refractivity contribution is -0.140. The molecule has 0 unspecified atom stereocenters. The first-order chi connectivity index (χ1) is 26.9. The van der Waals surface area contributed by atoms with Crippen LogP contribution in [0.3, 0.4) is 0 Å². The van der Waals surface area contributed by atoms with Crippen molar-refractivity contribution in [3.63, 3.8) is 0 Å². The molecule has 4 aliphatic heterocycles. The fraction of sp³-hybridized carbons (Fsp3) is 0.571. The zero-order chi connectivity index (χ0) is 40.0. The summed E-state index contributed by atoms with van der Waals surface area (Å²) in [6.07, 6.45) is 11.7. The quantitative estimate of drug-likeness (QED) is 0.282. The van der Waals surface area contributed by atoms with E-state index in [0.29, 0.717) is 49.1 Å². The maximum absolute atomic E-state index is 12.9. The lowest BCUT2D eigenvalue weighted by Gasteiger charge is -2.30. The Labute approximate surface area is 326 Å². The Morgan fingerprint density at radius 3 is 1.34 bits per heavy atom. The Balaban J connectivity index is 0.000000172. The third kappa shape index (κ3) is 7.06. The van der Waals surface area contributed by atoms with Gasteiger partial charge in [-0.3, -0.25) is 28.8 Å². The fourth-order valence-electron chi connectivity index (χ4n) is 9.69. The Hall–Kier alpha value is -4.82. The van der Waals surface area contributed by atoms with Crippen molar-refractivity contribution >= 4 is 35.8 Å². The summed E-state index contributed by atoms with van der Waals surface area (Å²) < 4.78 is 3.39. The molecule has 4 fully saturated rings. The van der Waals surface area contributed by atoms with Crippen LogP contribution in [0, 0.1) is 35.5 Å². The molecular formula is C42H54N6O8. The van der Waals surface area contributed by atoms with Crippen LogP contribution in [0.2, 0.25) is 0 Å². The summed E-state index contributed by atoms with van der Waals surface area (Å²) in [6.45, 7) is 8.28. The van der Waals surface area contributed by atoms with Gasteiger partial charge in [-0.15, -0.1) is 0 Å². The molecule has 0 bridgehead atoms.